The summed E-state index contributed by atoms with van der Waals surface area (Å²) in [7, 11) is 0. The second-order valence-electron chi connectivity index (χ2n) is 7.39. The second-order valence-corrected chi connectivity index (χ2v) is 7.82. The van der Waals surface area contributed by atoms with Crippen LogP contribution in [0.1, 0.15) is 38.2 Å². The SMILES string of the molecule is CC(C#N)(NC(=O)CN1CCC(F)(c2cccc(Cl)c2)CC1)C1CC1. The van der Waals surface area contributed by atoms with Crippen LogP contribution in [0, 0.1) is 17.2 Å². The van der Waals surface area contributed by atoms with Gasteiger partial charge in [-0.2, -0.15) is 5.26 Å². The van der Waals surface area contributed by atoms with Crippen molar-refractivity contribution in [3.05, 3.63) is 34.9 Å². The maximum atomic E-state index is 15.2. The molecule has 0 radical (unpaired) electrons. The lowest BCUT2D eigenvalue weighted by atomic mass is 9.86. The molecule has 134 valence electrons. The Hall–Kier alpha value is -1.64. The van der Waals surface area contributed by atoms with Gasteiger partial charge in [0.15, 0.2) is 0 Å². The average molecular weight is 364 g/mol. The molecule has 2 fully saturated rings. The molecule has 0 spiro atoms. The van der Waals surface area contributed by atoms with Crippen LogP contribution in [0.3, 0.4) is 0 Å². The van der Waals surface area contributed by atoms with Crippen molar-refractivity contribution in [2.75, 3.05) is 19.6 Å². The normalized spacial score (nSPS) is 22.6. The minimum atomic E-state index is -1.40. The Morgan fingerprint density at radius 1 is 1.48 bits per heavy atom. The molecule has 25 heavy (non-hydrogen) atoms. The Kier molecular flexibility index (Phi) is 5.04. The fraction of sp³-hybridized carbons (Fsp3) is 0.579. The van der Waals surface area contributed by atoms with E-state index in [-0.39, 0.29) is 18.4 Å². The third-order valence-corrected chi connectivity index (χ3v) is 5.62. The first-order valence-corrected chi connectivity index (χ1v) is 9.12. The molecule has 0 bridgehead atoms. The number of carbonyl (C=O) groups is 1. The molecule has 1 aromatic rings. The molecule has 1 aliphatic carbocycles. The van der Waals surface area contributed by atoms with Crippen molar-refractivity contribution < 1.29 is 9.18 Å². The fourth-order valence-electron chi connectivity index (χ4n) is 3.54. The number of benzene rings is 1. The van der Waals surface area contributed by atoms with E-state index in [9.17, 15) is 10.1 Å². The zero-order chi connectivity index (χ0) is 18.1. The number of amides is 1. The van der Waals surface area contributed by atoms with Crippen molar-refractivity contribution in [3.8, 4) is 6.07 Å². The molecule has 1 unspecified atom stereocenters. The number of hydrogen-bond acceptors (Lipinski definition) is 3. The number of nitrogens with zero attached hydrogens (tertiary/aromatic N) is 2. The van der Waals surface area contributed by atoms with E-state index >= 15 is 4.39 Å². The maximum Gasteiger partial charge on any atom is 0.235 e. The largest absolute Gasteiger partial charge is 0.337 e. The lowest BCUT2D eigenvalue weighted by molar-refractivity contribution is -0.124. The van der Waals surface area contributed by atoms with E-state index in [2.05, 4.69) is 11.4 Å². The number of alkyl halides is 1. The molecule has 4 nitrogen and oxygen atoms in total. The van der Waals surface area contributed by atoms with Crippen molar-refractivity contribution in [1.29, 1.82) is 5.26 Å². The number of nitrogens with one attached hydrogen (secondary N) is 1. The molecule has 1 amide bonds. The van der Waals surface area contributed by atoms with Crippen molar-refractivity contribution >= 4 is 17.5 Å². The van der Waals surface area contributed by atoms with Gasteiger partial charge in [0.2, 0.25) is 5.91 Å². The molecule has 1 aromatic carbocycles. The second kappa shape index (κ2) is 6.93. The van der Waals surface area contributed by atoms with Crippen LogP contribution >= 0.6 is 11.6 Å². The van der Waals surface area contributed by atoms with Gasteiger partial charge < -0.3 is 5.32 Å². The van der Waals surface area contributed by atoms with Crippen molar-refractivity contribution in [1.82, 2.24) is 10.2 Å². The summed E-state index contributed by atoms with van der Waals surface area (Å²) in [5.74, 6) is 0.0918. The van der Waals surface area contributed by atoms with E-state index in [4.69, 9.17) is 11.6 Å². The molecule has 1 N–H and O–H groups in total. The summed E-state index contributed by atoms with van der Waals surface area (Å²) in [5, 5.41) is 12.7. The molecular weight excluding hydrogens is 341 g/mol. The van der Waals surface area contributed by atoms with Gasteiger partial charge in [-0.3, -0.25) is 9.69 Å². The summed E-state index contributed by atoms with van der Waals surface area (Å²) in [5.41, 5.74) is -1.57. The summed E-state index contributed by atoms with van der Waals surface area (Å²) < 4.78 is 15.2. The molecule has 2 aliphatic rings. The van der Waals surface area contributed by atoms with Gasteiger partial charge >= 0.3 is 0 Å². The van der Waals surface area contributed by atoms with Gasteiger partial charge in [-0.05, 0) is 56.2 Å². The number of halogens is 2. The van der Waals surface area contributed by atoms with Gasteiger partial charge in [0.1, 0.15) is 11.2 Å². The van der Waals surface area contributed by atoms with E-state index < -0.39 is 11.2 Å². The summed E-state index contributed by atoms with van der Waals surface area (Å²) in [6.45, 7) is 2.99. The molecule has 6 heteroatoms. The number of piperidine rings is 1. The molecule has 1 saturated carbocycles. The number of hydrogen-bond donors (Lipinski definition) is 1. The molecule has 1 saturated heterocycles. The fourth-order valence-corrected chi connectivity index (χ4v) is 3.73. The monoisotopic (exact) mass is 363 g/mol. The summed E-state index contributed by atoms with van der Waals surface area (Å²) >= 11 is 5.97. The zero-order valence-corrected chi connectivity index (χ0v) is 15.2. The highest BCUT2D eigenvalue weighted by Gasteiger charge is 2.43. The molecule has 1 atom stereocenters. The highest BCUT2D eigenvalue weighted by molar-refractivity contribution is 6.30. The number of rotatable bonds is 5. The zero-order valence-electron chi connectivity index (χ0n) is 14.4. The van der Waals surface area contributed by atoms with Crippen LogP contribution in [0.5, 0.6) is 0 Å². The molecule has 0 aromatic heterocycles. The van der Waals surface area contributed by atoms with Gasteiger partial charge in [0, 0.05) is 18.1 Å². The van der Waals surface area contributed by atoms with Crippen LogP contribution < -0.4 is 5.32 Å². The van der Waals surface area contributed by atoms with E-state index in [1.807, 2.05) is 4.90 Å². The lowest BCUT2D eigenvalue weighted by Gasteiger charge is -2.37. The third-order valence-electron chi connectivity index (χ3n) is 5.38. The van der Waals surface area contributed by atoms with Crippen LogP contribution in [0.15, 0.2) is 24.3 Å². The van der Waals surface area contributed by atoms with Gasteiger partial charge in [-0.15, -0.1) is 0 Å². The van der Waals surface area contributed by atoms with Crippen LogP contribution in [0.25, 0.3) is 0 Å². The van der Waals surface area contributed by atoms with Crippen molar-refractivity contribution in [2.24, 2.45) is 5.92 Å². The van der Waals surface area contributed by atoms with Crippen LogP contribution in [0.4, 0.5) is 4.39 Å². The Labute approximate surface area is 152 Å². The van der Waals surface area contributed by atoms with Crippen molar-refractivity contribution in [2.45, 2.75) is 43.8 Å². The number of nitriles is 1. The first kappa shape index (κ1) is 18.2. The minimum Gasteiger partial charge on any atom is -0.337 e. The highest BCUT2D eigenvalue weighted by atomic mass is 35.5. The standard InChI is InChI=1S/C19H23ClFN3O/c1-18(13-22,14-5-6-14)23-17(25)12-24-9-7-19(21,8-10-24)15-3-2-4-16(20)11-15/h2-4,11,14H,5-10,12H2,1H3,(H,23,25). The first-order chi connectivity index (χ1) is 11.8. The van der Waals surface area contributed by atoms with Gasteiger partial charge in [-0.25, -0.2) is 4.39 Å². The van der Waals surface area contributed by atoms with E-state index in [1.165, 1.54) is 0 Å². The van der Waals surface area contributed by atoms with Crippen molar-refractivity contribution in [3.63, 3.8) is 0 Å². The summed E-state index contributed by atoms with van der Waals surface area (Å²) in [6.07, 6.45) is 2.63. The summed E-state index contributed by atoms with van der Waals surface area (Å²) in [4.78, 5) is 14.2. The average Bonchev–Trinajstić information content (AvgIpc) is 3.42. The van der Waals surface area contributed by atoms with E-state index in [0.29, 0.717) is 36.5 Å². The van der Waals surface area contributed by atoms with Crippen LogP contribution in [0.2, 0.25) is 5.02 Å². The number of likely N-dealkylation sites (tertiary alicyclic amines) is 1. The van der Waals surface area contributed by atoms with E-state index in [0.717, 1.165) is 12.8 Å². The van der Waals surface area contributed by atoms with Gasteiger partial charge in [-0.1, -0.05) is 23.7 Å². The Morgan fingerprint density at radius 2 is 2.16 bits per heavy atom. The lowest BCUT2D eigenvalue weighted by Crippen LogP contribution is -2.51. The van der Waals surface area contributed by atoms with Crippen LogP contribution in [-0.2, 0) is 10.5 Å². The maximum absolute atomic E-state index is 15.2. The molecule has 3 rings (SSSR count). The summed E-state index contributed by atoms with van der Waals surface area (Å²) in [6, 6.07) is 9.17. The Bertz CT molecular complexity index is 692. The quantitative estimate of drug-likeness (QED) is 0.872. The Balaban J connectivity index is 1.54. The topological polar surface area (TPSA) is 56.1 Å². The van der Waals surface area contributed by atoms with E-state index in [1.54, 1.807) is 31.2 Å². The van der Waals surface area contributed by atoms with Gasteiger partial charge in [0.05, 0.1) is 12.6 Å². The minimum absolute atomic E-state index is 0.162. The predicted molar refractivity (Wildman–Crippen MR) is 94.8 cm³/mol. The smallest absolute Gasteiger partial charge is 0.235 e. The highest BCUT2D eigenvalue weighted by Crippen LogP contribution is 2.39. The van der Waals surface area contributed by atoms with Gasteiger partial charge in [0.25, 0.3) is 0 Å². The Morgan fingerprint density at radius 3 is 2.72 bits per heavy atom. The molecular formula is C19H23ClFN3O. The third kappa shape index (κ3) is 4.13. The molecule has 1 heterocycles. The predicted octanol–water partition coefficient (Wildman–Crippen LogP) is 3.41. The molecule has 1 aliphatic heterocycles. The number of carbonyl (C=O) groups excluding carboxylic acids is 1. The van der Waals surface area contributed by atoms with Crippen LogP contribution in [-0.4, -0.2) is 36.0 Å². The first-order valence-electron chi connectivity index (χ1n) is 8.74.